The summed E-state index contributed by atoms with van der Waals surface area (Å²) in [5.74, 6) is 0. The van der Waals surface area contributed by atoms with E-state index in [2.05, 4.69) is 0 Å². The smallest absolute Gasteiger partial charge is 0.267 e. The molecule has 0 bridgehead atoms. The van der Waals surface area contributed by atoms with Crippen LogP contribution in [0.4, 0.5) is 0 Å². The molecule has 0 N–H and O–H groups in total. The zero-order chi connectivity index (χ0) is 15.2. The quantitative estimate of drug-likeness (QED) is 0.569. The molecule has 1 aromatic rings. The van der Waals surface area contributed by atoms with Crippen molar-refractivity contribution in [2.75, 3.05) is 0 Å². The Bertz CT molecular complexity index is 550. The molecule has 6 heteroatoms. The Labute approximate surface area is 125 Å². The van der Waals surface area contributed by atoms with Crippen LogP contribution in [0.1, 0.15) is 38.0 Å². The van der Waals surface area contributed by atoms with Crippen molar-refractivity contribution >= 4 is 21.9 Å². The van der Waals surface area contributed by atoms with Gasteiger partial charge >= 0.3 is 0 Å². The zero-order valence-electron chi connectivity index (χ0n) is 11.8. The molecule has 0 heterocycles. The predicted molar refractivity (Wildman–Crippen MR) is 81.6 cm³/mol. The molecule has 1 aromatic carbocycles. The number of hydrogen-bond donors (Lipinski definition) is 0. The molecule has 0 unspecified atom stereocenters. The molecule has 2 atom stereocenters. The summed E-state index contributed by atoms with van der Waals surface area (Å²) >= 11 is 1.07. The minimum atomic E-state index is -3.71. The first-order valence-electron chi connectivity index (χ1n) is 6.38. The second-order valence-corrected chi connectivity index (χ2v) is 7.76. The fraction of sp³-hybridized carbons (Fsp3) is 0.500. The maximum Gasteiger partial charge on any atom is 0.274 e. The van der Waals surface area contributed by atoms with Crippen molar-refractivity contribution in [1.82, 2.24) is 0 Å². The van der Waals surface area contributed by atoms with E-state index < -0.39 is 21.5 Å². The van der Waals surface area contributed by atoms with Crippen LogP contribution < -0.4 is 0 Å². The van der Waals surface area contributed by atoms with E-state index in [0.717, 1.165) is 11.8 Å². The number of hydrogen-bond acceptors (Lipinski definition) is 5. The maximum atomic E-state index is 12.4. The van der Waals surface area contributed by atoms with Gasteiger partial charge in [-0.2, -0.15) is 13.7 Å². The summed E-state index contributed by atoms with van der Waals surface area (Å²) in [6, 6.07) is 8.99. The molecule has 0 saturated carbocycles. The topological polar surface area (TPSA) is 67.2 Å². The summed E-state index contributed by atoms with van der Waals surface area (Å²) in [5, 5.41) is 9.86. The molecule has 0 saturated heterocycles. The van der Waals surface area contributed by atoms with Gasteiger partial charge in [0, 0.05) is 5.25 Å². The SMILES string of the molecule is CC(C)OS(=O)(=O)[C@H](C[C@H](C)SC#N)c1ccccc1. The highest BCUT2D eigenvalue weighted by molar-refractivity contribution is 8.04. The molecule has 0 spiro atoms. The number of rotatable bonds is 7. The van der Waals surface area contributed by atoms with Gasteiger partial charge in [0.15, 0.2) is 0 Å². The van der Waals surface area contributed by atoms with Gasteiger partial charge in [0.05, 0.1) is 6.10 Å². The number of benzene rings is 1. The summed E-state index contributed by atoms with van der Waals surface area (Å²) in [5.41, 5.74) is 0.693. The van der Waals surface area contributed by atoms with Gasteiger partial charge in [0.25, 0.3) is 10.1 Å². The van der Waals surface area contributed by atoms with Crippen LogP contribution in [-0.4, -0.2) is 19.8 Å². The Morgan fingerprint density at radius 3 is 2.35 bits per heavy atom. The molecule has 0 radical (unpaired) electrons. The van der Waals surface area contributed by atoms with E-state index in [1.807, 2.05) is 18.4 Å². The lowest BCUT2D eigenvalue weighted by Gasteiger charge is -2.21. The predicted octanol–water partition coefficient (Wildman–Crippen LogP) is 3.48. The average molecular weight is 313 g/mol. The van der Waals surface area contributed by atoms with Crippen LogP contribution >= 0.6 is 11.8 Å². The lowest BCUT2D eigenvalue weighted by atomic mass is 10.1. The molecule has 0 aromatic heterocycles. The van der Waals surface area contributed by atoms with Crippen LogP contribution in [0.15, 0.2) is 30.3 Å². The van der Waals surface area contributed by atoms with Gasteiger partial charge < -0.3 is 0 Å². The van der Waals surface area contributed by atoms with Gasteiger partial charge in [-0.1, -0.05) is 37.3 Å². The second-order valence-electron chi connectivity index (χ2n) is 4.79. The van der Waals surface area contributed by atoms with Crippen LogP contribution in [0.5, 0.6) is 0 Å². The second kappa shape index (κ2) is 7.67. The molecular formula is C14H19NO3S2. The number of nitriles is 1. The standard InChI is InChI=1S/C14H19NO3S2/c1-11(2)18-20(16,17)14(9-12(3)19-10-15)13-7-5-4-6-8-13/h4-8,11-12,14H,9H2,1-3H3/t12-,14+/m0/s1. The van der Waals surface area contributed by atoms with Crippen LogP contribution in [0.25, 0.3) is 0 Å². The number of thioether (sulfide) groups is 1. The van der Waals surface area contributed by atoms with Gasteiger partial charge in [-0.3, -0.25) is 4.18 Å². The Morgan fingerprint density at radius 2 is 1.85 bits per heavy atom. The molecule has 0 aliphatic heterocycles. The number of thiocyanates is 1. The third-order valence-corrected chi connectivity index (χ3v) is 5.16. The molecule has 0 aliphatic rings. The molecule has 20 heavy (non-hydrogen) atoms. The molecule has 0 fully saturated rings. The molecule has 0 amide bonds. The fourth-order valence-corrected chi connectivity index (χ4v) is 4.14. The monoisotopic (exact) mass is 313 g/mol. The van der Waals surface area contributed by atoms with Gasteiger partial charge in [0.1, 0.15) is 10.7 Å². The molecule has 1 rings (SSSR count). The van der Waals surface area contributed by atoms with Crippen molar-refractivity contribution in [2.24, 2.45) is 0 Å². The fourth-order valence-electron chi connectivity index (χ4n) is 1.86. The van der Waals surface area contributed by atoms with Gasteiger partial charge in [-0.15, -0.1) is 0 Å². The zero-order valence-corrected chi connectivity index (χ0v) is 13.4. The van der Waals surface area contributed by atoms with E-state index in [9.17, 15) is 8.42 Å². The highest BCUT2D eigenvalue weighted by atomic mass is 32.2. The first-order valence-corrected chi connectivity index (χ1v) is 8.73. The first-order chi connectivity index (χ1) is 9.36. The van der Waals surface area contributed by atoms with Gasteiger partial charge in [0.2, 0.25) is 0 Å². The first kappa shape index (κ1) is 17.0. The van der Waals surface area contributed by atoms with E-state index in [-0.39, 0.29) is 5.25 Å². The molecular weight excluding hydrogens is 294 g/mol. The van der Waals surface area contributed by atoms with E-state index >= 15 is 0 Å². The van der Waals surface area contributed by atoms with Crippen molar-refractivity contribution in [1.29, 1.82) is 5.26 Å². The lowest BCUT2D eigenvalue weighted by molar-refractivity contribution is 0.243. The van der Waals surface area contributed by atoms with Crippen molar-refractivity contribution in [3.8, 4) is 5.40 Å². The summed E-state index contributed by atoms with van der Waals surface area (Å²) < 4.78 is 29.8. The van der Waals surface area contributed by atoms with E-state index in [0.29, 0.717) is 12.0 Å². The summed E-state index contributed by atoms with van der Waals surface area (Å²) in [6.45, 7) is 5.22. The molecule has 110 valence electrons. The largest absolute Gasteiger partial charge is 0.274 e. The van der Waals surface area contributed by atoms with Crippen molar-refractivity contribution in [2.45, 2.75) is 43.8 Å². The van der Waals surface area contributed by atoms with Gasteiger partial charge in [-0.05, 0) is 37.6 Å². The van der Waals surface area contributed by atoms with Crippen molar-refractivity contribution in [3.63, 3.8) is 0 Å². The highest BCUT2D eigenvalue weighted by Crippen LogP contribution is 2.32. The van der Waals surface area contributed by atoms with Crippen LogP contribution in [0, 0.1) is 10.7 Å². The lowest BCUT2D eigenvalue weighted by Crippen LogP contribution is -2.22. The van der Waals surface area contributed by atoms with Crippen LogP contribution in [0.2, 0.25) is 0 Å². The average Bonchev–Trinajstić information content (AvgIpc) is 2.35. The van der Waals surface area contributed by atoms with E-state index in [4.69, 9.17) is 9.44 Å². The Morgan fingerprint density at radius 1 is 1.25 bits per heavy atom. The minimum Gasteiger partial charge on any atom is -0.267 e. The normalized spacial score (nSPS) is 14.8. The summed E-state index contributed by atoms with van der Waals surface area (Å²) in [7, 11) is -3.71. The Balaban J connectivity index is 3.06. The molecule has 0 aliphatic carbocycles. The van der Waals surface area contributed by atoms with Crippen molar-refractivity contribution < 1.29 is 12.6 Å². The minimum absolute atomic E-state index is 0.0873. The summed E-state index contributed by atoms with van der Waals surface area (Å²) in [6.07, 6.45) is -0.0535. The molecule has 4 nitrogen and oxygen atoms in total. The third kappa shape index (κ3) is 5.16. The third-order valence-electron chi connectivity index (χ3n) is 2.65. The summed E-state index contributed by atoms with van der Waals surface area (Å²) in [4.78, 5) is 0. The van der Waals surface area contributed by atoms with Crippen LogP contribution in [0.3, 0.4) is 0 Å². The van der Waals surface area contributed by atoms with Gasteiger partial charge in [-0.25, -0.2) is 0 Å². The van der Waals surface area contributed by atoms with Crippen molar-refractivity contribution in [3.05, 3.63) is 35.9 Å². The highest BCUT2D eigenvalue weighted by Gasteiger charge is 2.30. The number of nitrogens with zero attached hydrogens (tertiary/aromatic N) is 1. The van der Waals surface area contributed by atoms with E-state index in [1.165, 1.54) is 0 Å². The van der Waals surface area contributed by atoms with Crippen LogP contribution in [-0.2, 0) is 14.3 Å². The Hall–Kier alpha value is -1.03. The Kier molecular flexibility index (Phi) is 6.53. The maximum absolute atomic E-state index is 12.4. The van der Waals surface area contributed by atoms with E-state index in [1.54, 1.807) is 38.1 Å².